The summed E-state index contributed by atoms with van der Waals surface area (Å²) in [4.78, 5) is 42.0. The van der Waals surface area contributed by atoms with Gasteiger partial charge in [0.25, 0.3) is 5.91 Å². The molecule has 2 aliphatic rings. The number of esters is 1. The Labute approximate surface area is 337 Å². The van der Waals surface area contributed by atoms with Gasteiger partial charge in [0.2, 0.25) is 5.91 Å². The Morgan fingerprint density at radius 1 is 0.983 bits per heavy atom. The summed E-state index contributed by atoms with van der Waals surface area (Å²) in [5, 5.41) is 20.9. The lowest BCUT2D eigenvalue weighted by molar-refractivity contribution is -0.143. The summed E-state index contributed by atoms with van der Waals surface area (Å²) >= 11 is 6.29. The Bertz CT molecular complexity index is 2010. The molecule has 2 fully saturated rings. The van der Waals surface area contributed by atoms with Crippen LogP contribution in [0.5, 0.6) is 11.5 Å². The first kappa shape index (κ1) is 44.4. The molecule has 0 spiro atoms. The summed E-state index contributed by atoms with van der Waals surface area (Å²) in [6.07, 6.45) is -10.3. The van der Waals surface area contributed by atoms with Crippen molar-refractivity contribution in [2.75, 3.05) is 71.6 Å². The molecule has 0 saturated carbocycles. The van der Waals surface area contributed by atoms with Crippen molar-refractivity contribution in [1.29, 1.82) is 0 Å². The summed E-state index contributed by atoms with van der Waals surface area (Å²) in [6.45, 7) is 1.59. The van der Waals surface area contributed by atoms with E-state index in [4.69, 9.17) is 36.3 Å². The molecule has 3 aromatic carbocycles. The highest BCUT2D eigenvalue weighted by atomic mass is 32.2. The zero-order valence-electron chi connectivity index (χ0n) is 30.7. The number of anilines is 1. The third-order valence-corrected chi connectivity index (χ3v) is 10.1. The van der Waals surface area contributed by atoms with E-state index in [1.54, 1.807) is 0 Å². The van der Waals surface area contributed by atoms with E-state index in [2.05, 4.69) is 5.32 Å². The van der Waals surface area contributed by atoms with Gasteiger partial charge in [0.1, 0.15) is 35.1 Å². The number of thioether (sulfide) groups is 1. The van der Waals surface area contributed by atoms with Gasteiger partial charge in [0, 0.05) is 38.2 Å². The Morgan fingerprint density at radius 3 is 2.31 bits per heavy atom. The molecule has 2 heterocycles. The van der Waals surface area contributed by atoms with Gasteiger partial charge in [-0.25, -0.2) is 4.79 Å². The van der Waals surface area contributed by atoms with E-state index in [0.717, 1.165) is 11.8 Å². The summed E-state index contributed by atoms with van der Waals surface area (Å²) in [6, 6.07) is 9.53. The van der Waals surface area contributed by atoms with Crippen LogP contribution in [0.1, 0.15) is 33.5 Å². The molecule has 12 nitrogen and oxygen atoms in total. The number of carbonyl (C=O) groups excluding carboxylic acids is 3. The van der Waals surface area contributed by atoms with Crippen LogP contribution in [-0.2, 0) is 31.4 Å². The van der Waals surface area contributed by atoms with Crippen molar-refractivity contribution < 1.29 is 69.9 Å². The standard InChI is InChI=1S/C38H37F6N3O9S2/c1-53-31-18-23(35(52)56-21-27(49)20-48)3-4-29(31)45-33(50)6-7-47-34(51)32(58-36(47)57)15-22-2-5-30(55-13-10-46-8-11-54-12-9-46)28(14-22)24-16-25(37(39,40)41)19-26(17-24)38(42,43)44/h2-5,14-19,27,48-49H,6-13,20-21H2,1H3,(H,45,50). The summed E-state index contributed by atoms with van der Waals surface area (Å²) in [5.74, 6) is -1.81. The molecule has 1 unspecified atom stereocenters. The number of aliphatic hydroxyl groups excluding tert-OH is 2. The van der Waals surface area contributed by atoms with Crippen molar-refractivity contribution in [1.82, 2.24) is 9.80 Å². The topological polar surface area (TPSA) is 147 Å². The number of halogens is 6. The number of amides is 2. The van der Waals surface area contributed by atoms with Gasteiger partial charge in [-0.15, -0.1) is 0 Å². The zero-order chi connectivity index (χ0) is 42.2. The highest BCUT2D eigenvalue weighted by Gasteiger charge is 2.37. The Kier molecular flexibility index (Phi) is 14.8. The summed E-state index contributed by atoms with van der Waals surface area (Å²) in [7, 11) is 1.30. The maximum absolute atomic E-state index is 13.8. The Balaban J connectivity index is 1.32. The van der Waals surface area contributed by atoms with Crippen LogP contribution in [0.3, 0.4) is 0 Å². The molecule has 3 aromatic rings. The molecule has 0 aliphatic carbocycles. The quantitative estimate of drug-likeness (QED) is 0.0730. The molecule has 5 rings (SSSR count). The number of nitrogens with zero attached hydrogens (tertiary/aromatic N) is 2. The molecule has 1 atom stereocenters. The number of rotatable bonds is 15. The molecule has 3 N–H and O–H groups in total. The van der Waals surface area contributed by atoms with E-state index in [-0.39, 0.29) is 68.7 Å². The Hall–Kier alpha value is -4.73. The van der Waals surface area contributed by atoms with Crippen LogP contribution in [-0.4, -0.2) is 115 Å². The van der Waals surface area contributed by atoms with E-state index in [1.165, 1.54) is 54.5 Å². The van der Waals surface area contributed by atoms with E-state index >= 15 is 0 Å². The number of aliphatic hydroxyl groups is 2. The molecule has 58 heavy (non-hydrogen) atoms. The maximum Gasteiger partial charge on any atom is 0.416 e. The molecule has 2 saturated heterocycles. The normalized spacial score (nSPS) is 16.4. The second-order valence-corrected chi connectivity index (χ2v) is 14.5. The monoisotopic (exact) mass is 857 g/mol. The minimum Gasteiger partial charge on any atom is -0.495 e. The third-order valence-electron chi connectivity index (χ3n) is 8.73. The smallest absolute Gasteiger partial charge is 0.416 e. The molecular formula is C38H37F6N3O9S2. The number of hydrogen-bond donors (Lipinski definition) is 3. The maximum atomic E-state index is 13.8. The van der Waals surface area contributed by atoms with Gasteiger partial charge >= 0.3 is 18.3 Å². The minimum absolute atomic E-state index is 0.0282. The fourth-order valence-electron chi connectivity index (χ4n) is 5.71. The fourth-order valence-corrected chi connectivity index (χ4v) is 7.02. The minimum atomic E-state index is -5.09. The molecule has 2 amide bonds. The van der Waals surface area contributed by atoms with E-state index in [0.29, 0.717) is 45.0 Å². The Morgan fingerprint density at radius 2 is 1.67 bits per heavy atom. The number of nitrogens with one attached hydrogen (secondary N) is 1. The van der Waals surface area contributed by atoms with Gasteiger partial charge in [0.15, 0.2) is 0 Å². The molecule has 0 aromatic heterocycles. The van der Waals surface area contributed by atoms with Gasteiger partial charge in [-0.05, 0) is 65.7 Å². The van der Waals surface area contributed by atoms with Crippen molar-refractivity contribution >= 4 is 57.8 Å². The van der Waals surface area contributed by atoms with Crippen LogP contribution in [0.15, 0.2) is 59.5 Å². The largest absolute Gasteiger partial charge is 0.495 e. The number of hydrogen-bond acceptors (Lipinski definition) is 12. The molecule has 20 heteroatoms. The van der Waals surface area contributed by atoms with Crippen LogP contribution >= 0.6 is 24.0 Å². The highest BCUT2D eigenvalue weighted by molar-refractivity contribution is 8.26. The molecule has 0 radical (unpaired) electrons. The average Bonchev–Trinajstić information content (AvgIpc) is 3.46. The second-order valence-electron chi connectivity index (χ2n) is 12.8. The second kappa shape index (κ2) is 19.3. The van der Waals surface area contributed by atoms with E-state index in [9.17, 15) is 45.8 Å². The van der Waals surface area contributed by atoms with Crippen LogP contribution in [0.4, 0.5) is 32.0 Å². The number of ether oxygens (including phenoxy) is 4. The summed E-state index contributed by atoms with van der Waals surface area (Å²) < 4.78 is 105. The zero-order valence-corrected chi connectivity index (χ0v) is 32.3. The van der Waals surface area contributed by atoms with Gasteiger partial charge in [0.05, 0.1) is 54.2 Å². The van der Waals surface area contributed by atoms with Crippen molar-refractivity contribution in [2.45, 2.75) is 24.9 Å². The van der Waals surface area contributed by atoms with Crippen molar-refractivity contribution in [3.63, 3.8) is 0 Å². The number of thiocarbonyl (C=S) groups is 1. The van der Waals surface area contributed by atoms with Crippen molar-refractivity contribution in [2.24, 2.45) is 0 Å². The molecular weight excluding hydrogens is 821 g/mol. The van der Waals surface area contributed by atoms with Crippen LogP contribution in [0, 0.1) is 0 Å². The van der Waals surface area contributed by atoms with Crippen LogP contribution in [0.2, 0.25) is 0 Å². The SMILES string of the molecule is COc1cc(C(=O)OCC(O)CO)ccc1NC(=O)CCN1C(=O)C(=Cc2ccc(OCCN3CCOCC3)c(-c3cc(C(F)(F)F)cc(C(F)(F)F)c3)c2)SC1=S. The molecule has 312 valence electrons. The number of benzene rings is 3. The number of alkyl halides is 6. The lowest BCUT2D eigenvalue weighted by atomic mass is 9.96. The number of carbonyl (C=O) groups is 3. The lowest BCUT2D eigenvalue weighted by Gasteiger charge is -2.26. The predicted molar refractivity (Wildman–Crippen MR) is 204 cm³/mol. The van der Waals surface area contributed by atoms with Gasteiger partial charge in [-0.3, -0.25) is 19.4 Å². The summed E-state index contributed by atoms with van der Waals surface area (Å²) in [5.41, 5.74) is -2.98. The first-order chi connectivity index (χ1) is 27.5. The van der Waals surface area contributed by atoms with Crippen LogP contribution < -0.4 is 14.8 Å². The highest BCUT2D eigenvalue weighted by Crippen LogP contribution is 2.42. The van der Waals surface area contributed by atoms with E-state index in [1.807, 2.05) is 4.90 Å². The first-order valence-electron chi connectivity index (χ1n) is 17.5. The van der Waals surface area contributed by atoms with Crippen molar-refractivity contribution in [3.8, 4) is 22.6 Å². The predicted octanol–water partition coefficient (Wildman–Crippen LogP) is 5.85. The van der Waals surface area contributed by atoms with Crippen molar-refractivity contribution in [3.05, 3.63) is 81.8 Å². The van der Waals surface area contributed by atoms with Gasteiger partial charge < -0.3 is 34.5 Å². The van der Waals surface area contributed by atoms with Gasteiger partial charge in [-0.1, -0.05) is 30.0 Å². The van der Waals surface area contributed by atoms with Crippen LogP contribution in [0.25, 0.3) is 17.2 Å². The average molecular weight is 858 g/mol. The number of morpholine rings is 1. The van der Waals surface area contributed by atoms with Gasteiger partial charge in [-0.2, -0.15) is 26.3 Å². The molecule has 0 bridgehead atoms. The first-order valence-corrected chi connectivity index (χ1v) is 18.8. The number of methoxy groups -OCH3 is 1. The fraction of sp³-hybridized carbons (Fsp3) is 0.368. The third kappa shape index (κ3) is 11.7. The lowest BCUT2D eigenvalue weighted by Crippen LogP contribution is -2.38. The molecule has 2 aliphatic heterocycles. The van der Waals surface area contributed by atoms with E-state index < -0.39 is 66.1 Å².